The predicted octanol–water partition coefficient (Wildman–Crippen LogP) is 2.86. The average Bonchev–Trinajstić information content (AvgIpc) is 2.23. The van der Waals surface area contributed by atoms with Crippen LogP contribution in [0.15, 0.2) is 36.9 Å². The largest absolute Gasteiger partial charge is 0.299 e. The van der Waals surface area contributed by atoms with Crippen molar-refractivity contribution in [3.05, 3.63) is 48.0 Å². The zero-order valence-corrected chi connectivity index (χ0v) is 8.20. The molecule has 1 aliphatic carbocycles. The lowest BCUT2D eigenvalue weighted by Gasteiger charge is -2.23. The highest BCUT2D eigenvalue weighted by molar-refractivity contribution is 5.88. The molecule has 0 aromatic heterocycles. The van der Waals surface area contributed by atoms with Gasteiger partial charge in [0.05, 0.1) is 0 Å². The van der Waals surface area contributed by atoms with Crippen molar-refractivity contribution < 1.29 is 4.79 Å². The van der Waals surface area contributed by atoms with Gasteiger partial charge in [0.1, 0.15) is 5.78 Å². The van der Waals surface area contributed by atoms with Crippen molar-refractivity contribution in [1.29, 1.82) is 0 Å². The molecule has 1 aliphatic rings. The van der Waals surface area contributed by atoms with E-state index in [4.69, 9.17) is 0 Å². The Kier molecular flexibility index (Phi) is 2.49. The highest BCUT2D eigenvalue weighted by Gasteiger charge is 2.25. The molecule has 1 nitrogen and oxygen atoms in total. The summed E-state index contributed by atoms with van der Waals surface area (Å²) in [5.74, 6) is 0.432. The number of ketones is 1. The molecule has 1 aromatic rings. The smallest absolute Gasteiger partial charge is 0.140 e. The van der Waals surface area contributed by atoms with Gasteiger partial charge in [-0.1, -0.05) is 30.3 Å². The fourth-order valence-corrected chi connectivity index (χ4v) is 2.13. The third kappa shape index (κ3) is 1.50. The van der Waals surface area contributed by atoms with Gasteiger partial charge < -0.3 is 0 Å². The van der Waals surface area contributed by atoms with Crippen molar-refractivity contribution in [2.45, 2.75) is 25.2 Å². The number of allylic oxidation sites excluding steroid dienone is 1. The summed E-state index contributed by atoms with van der Waals surface area (Å²) in [7, 11) is 0. The van der Waals surface area contributed by atoms with Crippen LogP contribution in [-0.4, -0.2) is 5.78 Å². The number of hydrogen-bond acceptors (Lipinski definition) is 1. The van der Waals surface area contributed by atoms with Crippen LogP contribution >= 0.6 is 0 Å². The van der Waals surface area contributed by atoms with Gasteiger partial charge in [0.2, 0.25) is 0 Å². The highest BCUT2D eigenvalue weighted by Crippen LogP contribution is 2.31. The van der Waals surface area contributed by atoms with Crippen molar-refractivity contribution in [1.82, 2.24) is 0 Å². The SMILES string of the molecule is C=CC[C@H]1C(=O)CCc2ccccc21. The summed E-state index contributed by atoms with van der Waals surface area (Å²) in [5, 5.41) is 0. The average molecular weight is 186 g/mol. The third-order valence-electron chi connectivity index (χ3n) is 2.86. The first-order chi connectivity index (χ1) is 6.83. The van der Waals surface area contributed by atoms with Gasteiger partial charge in [-0.3, -0.25) is 4.79 Å². The molecule has 1 atom stereocenters. The van der Waals surface area contributed by atoms with Gasteiger partial charge in [0.25, 0.3) is 0 Å². The van der Waals surface area contributed by atoms with E-state index < -0.39 is 0 Å². The molecule has 0 saturated carbocycles. The summed E-state index contributed by atoms with van der Waals surface area (Å²) in [5.41, 5.74) is 2.54. The maximum absolute atomic E-state index is 11.7. The van der Waals surface area contributed by atoms with Gasteiger partial charge in [-0.15, -0.1) is 6.58 Å². The van der Waals surface area contributed by atoms with Crippen LogP contribution in [0.4, 0.5) is 0 Å². The quantitative estimate of drug-likeness (QED) is 0.649. The van der Waals surface area contributed by atoms with Crippen molar-refractivity contribution in [3.63, 3.8) is 0 Å². The molecule has 0 amide bonds. The van der Waals surface area contributed by atoms with Crippen LogP contribution < -0.4 is 0 Å². The minimum absolute atomic E-state index is 0.0671. The van der Waals surface area contributed by atoms with Crippen molar-refractivity contribution >= 4 is 5.78 Å². The van der Waals surface area contributed by atoms with E-state index in [1.165, 1.54) is 11.1 Å². The molecule has 14 heavy (non-hydrogen) atoms. The molecule has 0 aliphatic heterocycles. The Labute approximate surface area is 84.5 Å². The molecular formula is C13H14O. The van der Waals surface area contributed by atoms with Crippen LogP contribution in [0, 0.1) is 0 Å². The zero-order chi connectivity index (χ0) is 9.97. The Morgan fingerprint density at radius 2 is 2.14 bits per heavy atom. The number of aryl methyl sites for hydroxylation is 1. The molecule has 1 heteroatoms. The summed E-state index contributed by atoms with van der Waals surface area (Å²) >= 11 is 0. The Bertz CT molecular complexity index is 365. The number of Topliss-reactive ketones (excluding diaryl/α,β-unsaturated/α-hetero) is 1. The minimum Gasteiger partial charge on any atom is -0.299 e. The second-order valence-corrected chi connectivity index (χ2v) is 3.74. The van der Waals surface area contributed by atoms with E-state index in [-0.39, 0.29) is 5.92 Å². The van der Waals surface area contributed by atoms with E-state index in [1.54, 1.807) is 0 Å². The van der Waals surface area contributed by atoms with Gasteiger partial charge in [0.15, 0.2) is 0 Å². The topological polar surface area (TPSA) is 17.1 Å². The number of carbonyl (C=O) groups is 1. The van der Waals surface area contributed by atoms with E-state index in [9.17, 15) is 4.79 Å². The first-order valence-electron chi connectivity index (χ1n) is 5.04. The molecule has 0 heterocycles. The molecule has 0 saturated heterocycles. The van der Waals surface area contributed by atoms with Crippen molar-refractivity contribution in [2.75, 3.05) is 0 Å². The summed E-state index contributed by atoms with van der Waals surface area (Å²) in [6.45, 7) is 3.71. The Balaban J connectivity index is 2.40. The van der Waals surface area contributed by atoms with Crippen LogP contribution in [-0.2, 0) is 11.2 Å². The highest BCUT2D eigenvalue weighted by atomic mass is 16.1. The number of carbonyl (C=O) groups excluding carboxylic acids is 1. The molecule has 0 spiro atoms. The standard InChI is InChI=1S/C13H14O/c1-2-5-12-11-7-4-3-6-10(11)8-9-13(12)14/h2-4,6-7,12H,1,5,8-9H2/t12-/m1/s1. The van der Waals surface area contributed by atoms with Crippen LogP contribution in [0.3, 0.4) is 0 Å². The van der Waals surface area contributed by atoms with E-state index in [1.807, 2.05) is 18.2 Å². The number of rotatable bonds is 2. The lowest BCUT2D eigenvalue weighted by molar-refractivity contribution is -0.120. The summed E-state index contributed by atoms with van der Waals surface area (Å²) < 4.78 is 0. The third-order valence-corrected chi connectivity index (χ3v) is 2.86. The monoisotopic (exact) mass is 186 g/mol. The Hall–Kier alpha value is -1.37. The summed E-state index contributed by atoms with van der Waals surface area (Å²) in [6, 6.07) is 8.24. The van der Waals surface area contributed by atoms with E-state index in [0.29, 0.717) is 12.2 Å². The van der Waals surface area contributed by atoms with E-state index in [0.717, 1.165) is 12.8 Å². The molecule has 0 N–H and O–H groups in total. The fraction of sp³-hybridized carbons (Fsp3) is 0.308. The Morgan fingerprint density at radius 3 is 2.93 bits per heavy atom. The van der Waals surface area contributed by atoms with Crippen LogP contribution in [0.2, 0.25) is 0 Å². The van der Waals surface area contributed by atoms with E-state index in [2.05, 4.69) is 18.7 Å². The first-order valence-corrected chi connectivity index (χ1v) is 5.04. The van der Waals surface area contributed by atoms with Crippen LogP contribution in [0.1, 0.15) is 29.9 Å². The number of fused-ring (bicyclic) bond motifs is 1. The molecule has 1 aromatic carbocycles. The maximum Gasteiger partial charge on any atom is 0.140 e. The molecule has 0 bridgehead atoms. The second-order valence-electron chi connectivity index (χ2n) is 3.74. The van der Waals surface area contributed by atoms with Crippen molar-refractivity contribution in [3.8, 4) is 0 Å². The minimum atomic E-state index is 0.0671. The summed E-state index contributed by atoms with van der Waals surface area (Å²) in [4.78, 5) is 11.7. The van der Waals surface area contributed by atoms with Crippen LogP contribution in [0.25, 0.3) is 0 Å². The van der Waals surface area contributed by atoms with Gasteiger partial charge >= 0.3 is 0 Å². The molecule has 0 unspecified atom stereocenters. The predicted molar refractivity (Wildman–Crippen MR) is 57.3 cm³/mol. The molecule has 0 fully saturated rings. The lowest BCUT2D eigenvalue weighted by atomic mass is 9.80. The van der Waals surface area contributed by atoms with Gasteiger partial charge in [-0.2, -0.15) is 0 Å². The second kappa shape index (κ2) is 3.79. The molecule has 72 valence electrons. The lowest BCUT2D eigenvalue weighted by Crippen LogP contribution is -2.19. The zero-order valence-electron chi connectivity index (χ0n) is 8.20. The summed E-state index contributed by atoms with van der Waals surface area (Å²) in [6.07, 6.45) is 4.21. The molecule has 2 rings (SSSR count). The van der Waals surface area contributed by atoms with Crippen molar-refractivity contribution in [2.24, 2.45) is 0 Å². The first kappa shape index (κ1) is 9.20. The Morgan fingerprint density at radius 1 is 1.36 bits per heavy atom. The van der Waals surface area contributed by atoms with Gasteiger partial charge in [0, 0.05) is 12.3 Å². The van der Waals surface area contributed by atoms with E-state index >= 15 is 0 Å². The van der Waals surface area contributed by atoms with Gasteiger partial charge in [-0.25, -0.2) is 0 Å². The number of benzene rings is 1. The molecule has 0 radical (unpaired) electrons. The van der Waals surface area contributed by atoms with Crippen LogP contribution in [0.5, 0.6) is 0 Å². The van der Waals surface area contributed by atoms with Gasteiger partial charge in [-0.05, 0) is 24.0 Å². The normalized spacial score (nSPS) is 20.3. The number of hydrogen-bond donors (Lipinski definition) is 0. The fourth-order valence-electron chi connectivity index (χ4n) is 2.13. The molecular weight excluding hydrogens is 172 g/mol. The maximum atomic E-state index is 11.7.